The van der Waals surface area contributed by atoms with Crippen molar-refractivity contribution in [3.05, 3.63) is 29.8 Å². The van der Waals surface area contributed by atoms with Crippen molar-refractivity contribution in [1.29, 1.82) is 0 Å². The van der Waals surface area contributed by atoms with Crippen molar-refractivity contribution in [2.24, 2.45) is 11.7 Å². The van der Waals surface area contributed by atoms with Gasteiger partial charge in [-0.3, -0.25) is 4.90 Å². The van der Waals surface area contributed by atoms with Gasteiger partial charge in [0, 0.05) is 12.6 Å². The maximum atomic E-state index is 10.5. The van der Waals surface area contributed by atoms with Crippen molar-refractivity contribution in [2.45, 2.75) is 38.3 Å². The van der Waals surface area contributed by atoms with E-state index in [0.29, 0.717) is 18.5 Å². The second-order valence-corrected chi connectivity index (χ2v) is 5.87. The molecular formula is C17H28N2O2. The van der Waals surface area contributed by atoms with Crippen LogP contribution >= 0.6 is 0 Å². The Morgan fingerprint density at radius 3 is 2.90 bits per heavy atom. The van der Waals surface area contributed by atoms with Crippen LogP contribution in [0.25, 0.3) is 0 Å². The van der Waals surface area contributed by atoms with E-state index in [0.717, 1.165) is 24.4 Å². The highest BCUT2D eigenvalue weighted by atomic mass is 16.5. The maximum Gasteiger partial charge on any atom is 0.119 e. The number of benzene rings is 1. The number of likely N-dealkylation sites (N-methyl/N-ethyl adjacent to an activating group) is 1. The minimum absolute atomic E-state index is 0.487. The molecule has 3 N–H and O–H groups in total. The summed E-state index contributed by atoms with van der Waals surface area (Å²) >= 11 is 0. The summed E-state index contributed by atoms with van der Waals surface area (Å²) in [5, 5.41) is 10.5. The summed E-state index contributed by atoms with van der Waals surface area (Å²) in [6.07, 6.45) is 3.17. The summed E-state index contributed by atoms with van der Waals surface area (Å²) < 4.78 is 5.23. The first-order valence-electron chi connectivity index (χ1n) is 7.95. The van der Waals surface area contributed by atoms with Gasteiger partial charge in [-0.25, -0.2) is 0 Å². The van der Waals surface area contributed by atoms with Crippen molar-refractivity contribution >= 4 is 0 Å². The fraction of sp³-hybridized carbons (Fsp3) is 0.647. The van der Waals surface area contributed by atoms with E-state index in [1.54, 1.807) is 7.11 Å². The SMILES string of the molecule is CCN(CC(O)c1cccc(OC)c1)C1CCCC1CN. The van der Waals surface area contributed by atoms with Crippen LogP contribution in [-0.2, 0) is 0 Å². The molecule has 1 aromatic carbocycles. The molecule has 0 aromatic heterocycles. The molecule has 21 heavy (non-hydrogen) atoms. The van der Waals surface area contributed by atoms with Crippen molar-refractivity contribution in [3.8, 4) is 5.75 Å². The molecule has 0 saturated heterocycles. The second kappa shape index (κ2) is 7.78. The van der Waals surface area contributed by atoms with Gasteiger partial charge in [0.05, 0.1) is 13.2 Å². The van der Waals surface area contributed by atoms with Crippen LogP contribution in [0.3, 0.4) is 0 Å². The Morgan fingerprint density at radius 2 is 2.24 bits per heavy atom. The first kappa shape index (κ1) is 16.3. The molecule has 118 valence electrons. The van der Waals surface area contributed by atoms with Crippen molar-refractivity contribution in [3.63, 3.8) is 0 Å². The number of nitrogens with zero attached hydrogens (tertiary/aromatic N) is 1. The minimum Gasteiger partial charge on any atom is -0.497 e. The molecular weight excluding hydrogens is 264 g/mol. The molecule has 4 nitrogen and oxygen atoms in total. The van der Waals surface area contributed by atoms with Gasteiger partial charge < -0.3 is 15.6 Å². The lowest BCUT2D eigenvalue weighted by atomic mass is 10.0. The van der Waals surface area contributed by atoms with Gasteiger partial charge in [0.2, 0.25) is 0 Å². The average Bonchev–Trinajstić information content (AvgIpc) is 3.00. The summed E-state index contributed by atoms with van der Waals surface area (Å²) in [6, 6.07) is 8.20. The van der Waals surface area contributed by atoms with Gasteiger partial charge in [0.1, 0.15) is 5.75 Å². The van der Waals surface area contributed by atoms with E-state index in [1.807, 2.05) is 24.3 Å². The van der Waals surface area contributed by atoms with Gasteiger partial charge in [-0.1, -0.05) is 25.5 Å². The highest BCUT2D eigenvalue weighted by molar-refractivity contribution is 5.29. The minimum atomic E-state index is -0.487. The van der Waals surface area contributed by atoms with E-state index in [4.69, 9.17) is 10.5 Å². The Kier molecular flexibility index (Phi) is 6.03. The molecule has 3 atom stereocenters. The smallest absolute Gasteiger partial charge is 0.119 e. The summed E-state index contributed by atoms with van der Waals surface area (Å²) in [5.41, 5.74) is 6.80. The molecule has 1 fully saturated rings. The number of hydrogen-bond acceptors (Lipinski definition) is 4. The van der Waals surface area contributed by atoms with Crippen LogP contribution < -0.4 is 10.5 Å². The van der Waals surface area contributed by atoms with E-state index in [-0.39, 0.29) is 0 Å². The summed E-state index contributed by atoms with van der Waals surface area (Å²) in [7, 11) is 1.65. The third-order valence-electron chi connectivity index (χ3n) is 4.68. The lowest BCUT2D eigenvalue weighted by molar-refractivity contribution is 0.0780. The van der Waals surface area contributed by atoms with E-state index >= 15 is 0 Å². The third kappa shape index (κ3) is 3.96. The number of ether oxygens (including phenoxy) is 1. The molecule has 3 unspecified atom stereocenters. The summed E-state index contributed by atoms with van der Waals surface area (Å²) in [4.78, 5) is 2.38. The Bertz CT molecular complexity index is 439. The molecule has 0 aliphatic heterocycles. The molecule has 1 saturated carbocycles. The van der Waals surface area contributed by atoms with Gasteiger partial charge in [-0.15, -0.1) is 0 Å². The Hall–Kier alpha value is -1.10. The van der Waals surface area contributed by atoms with Crippen LogP contribution in [0.2, 0.25) is 0 Å². The normalized spacial score (nSPS) is 23.5. The molecule has 1 aliphatic carbocycles. The number of nitrogens with two attached hydrogens (primary N) is 1. The number of rotatable bonds is 7. The highest BCUT2D eigenvalue weighted by Gasteiger charge is 2.31. The van der Waals surface area contributed by atoms with Crippen molar-refractivity contribution in [1.82, 2.24) is 4.90 Å². The van der Waals surface area contributed by atoms with Crippen LogP contribution in [0.4, 0.5) is 0 Å². The van der Waals surface area contributed by atoms with E-state index < -0.39 is 6.10 Å². The number of hydrogen-bond donors (Lipinski definition) is 2. The fourth-order valence-electron chi connectivity index (χ4n) is 3.45. The summed E-state index contributed by atoms with van der Waals surface area (Å²) in [5.74, 6) is 1.36. The van der Waals surface area contributed by atoms with E-state index in [9.17, 15) is 5.11 Å². The first-order chi connectivity index (χ1) is 10.2. The topological polar surface area (TPSA) is 58.7 Å². The standard InChI is InChI=1S/C17H28N2O2/c1-3-19(16-9-5-7-14(16)11-18)12-17(20)13-6-4-8-15(10-13)21-2/h4,6,8,10,14,16-17,20H,3,5,7,9,11-12,18H2,1-2H3. The largest absolute Gasteiger partial charge is 0.497 e. The molecule has 2 rings (SSSR count). The van der Waals surface area contributed by atoms with Crippen molar-refractivity contribution in [2.75, 3.05) is 26.7 Å². The Labute approximate surface area is 127 Å². The van der Waals surface area contributed by atoms with Crippen LogP contribution in [0, 0.1) is 5.92 Å². The zero-order chi connectivity index (χ0) is 15.2. The predicted molar refractivity (Wildman–Crippen MR) is 85.4 cm³/mol. The Balaban J connectivity index is 2.03. The van der Waals surface area contributed by atoms with Gasteiger partial charge in [0.25, 0.3) is 0 Å². The maximum absolute atomic E-state index is 10.5. The lowest BCUT2D eigenvalue weighted by Crippen LogP contribution is -2.42. The number of methoxy groups -OCH3 is 1. The van der Waals surface area contributed by atoms with Gasteiger partial charge >= 0.3 is 0 Å². The zero-order valence-corrected chi connectivity index (χ0v) is 13.2. The van der Waals surface area contributed by atoms with Crippen molar-refractivity contribution < 1.29 is 9.84 Å². The van der Waals surface area contributed by atoms with Gasteiger partial charge in [-0.05, 0) is 49.5 Å². The molecule has 0 spiro atoms. The Morgan fingerprint density at radius 1 is 1.43 bits per heavy atom. The predicted octanol–water partition coefficient (Wildman–Crippen LogP) is 2.18. The van der Waals surface area contributed by atoms with Gasteiger partial charge in [-0.2, -0.15) is 0 Å². The molecule has 4 heteroatoms. The van der Waals surface area contributed by atoms with Crippen LogP contribution in [0.15, 0.2) is 24.3 Å². The first-order valence-corrected chi connectivity index (χ1v) is 7.95. The fourth-order valence-corrected chi connectivity index (χ4v) is 3.45. The molecule has 1 aliphatic rings. The average molecular weight is 292 g/mol. The molecule has 1 aromatic rings. The number of aliphatic hydroxyl groups excluding tert-OH is 1. The quantitative estimate of drug-likeness (QED) is 0.809. The molecule has 0 amide bonds. The lowest BCUT2D eigenvalue weighted by Gasteiger charge is -2.33. The zero-order valence-electron chi connectivity index (χ0n) is 13.2. The monoisotopic (exact) mass is 292 g/mol. The molecule has 0 radical (unpaired) electrons. The summed E-state index contributed by atoms with van der Waals surface area (Å²) in [6.45, 7) is 4.51. The third-order valence-corrected chi connectivity index (χ3v) is 4.68. The van der Waals surface area contributed by atoms with Gasteiger partial charge in [0.15, 0.2) is 0 Å². The van der Waals surface area contributed by atoms with Crippen LogP contribution in [-0.4, -0.2) is 42.8 Å². The molecule has 0 heterocycles. The van der Waals surface area contributed by atoms with E-state index in [2.05, 4.69) is 11.8 Å². The van der Waals surface area contributed by atoms with Crippen LogP contribution in [0.5, 0.6) is 5.75 Å². The molecule has 0 bridgehead atoms. The van der Waals surface area contributed by atoms with E-state index in [1.165, 1.54) is 19.3 Å². The number of aliphatic hydroxyl groups is 1. The highest BCUT2D eigenvalue weighted by Crippen LogP contribution is 2.30. The second-order valence-electron chi connectivity index (χ2n) is 5.87. The van der Waals surface area contributed by atoms with Crippen LogP contribution in [0.1, 0.15) is 37.9 Å².